The topological polar surface area (TPSA) is 6.48 Å². The number of benzene rings is 1. The van der Waals surface area contributed by atoms with Crippen molar-refractivity contribution < 1.29 is 0 Å². The number of fused-ring (bicyclic) bond motifs is 1. The van der Waals surface area contributed by atoms with Crippen molar-refractivity contribution in [2.45, 2.75) is 32.4 Å². The van der Waals surface area contributed by atoms with Crippen molar-refractivity contribution in [2.75, 3.05) is 26.2 Å². The molecule has 1 atom stereocenters. The molecule has 2 fully saturated rings. The van der Waals surface area contributed by atoms with Crippen molar-refractivity contribution in [3.63, 3.8) is 0 Å². The zero-order chi connectivity index (χ0) is 11.7. The summed E-state index contributed by atoms with van der Waals surface area (Å²) in [5.41, 5.74) is 2.85. The van der Waals surface area contributed by atoms with Crippen LogP contribution in [0.15, 0.2) is 24.3 Å². The molecule has 0 saturated carbocycles. The van der Waals surface area contributed by atoms with Gasteiger partial charge in [-0.25, -0.2) is 0 Å². The van der Waals surface area contributed by atoms with Crippen LogP contribution in [0.2, 0.25) is 0 Å². The predicted octanol–water partition coefficient (Wildman–Crippen LogP) is 2.28. The standard InChI is InChI=1S/C15H22N2/c1-13-4-2-5-14(10-13)11-16-8-9-17-7-3-6-15(17)12-16/h2,4-5,10,15H,3,6-9,11-12H2,1H3. The molecule has 3 rings (SSSR count). The molecular weight excluding hydrogens is 208 g/mol. The van der Waals surface area contributed by atoms with E-state index in [0.717, 1.165) is 12.6 Å². The molecule has 2 saturated heterocycles. The Hall–Kier alpha value is -0.860. The smallest absolute Gasteiger partial charge is 0.0235 e. The lowest BCUT2D eigenvalue weighted by atomic mass is 10.1. The summed E-state index contributed by atoms with van der Waals surface area (Å²) in [6.07, 6.45) is 2.81. The maximum absolute atomic E-state index is 2.67. The molecule has 0 aliphatic carbocycles. The quantitative estimate of drug-likeness (QED) is 0.769. The summed E-state index contributed by atoms with van der Waals surface area (Å²) in [6.45, 7) is 8.43. The van der Waals surface area contributed by atoms with Crippen molar-refractivity contribution in [1.29, 1.82) is 0 Å². The largest absolute Gasteiger partial charge is 0.298 e. The van der Waals surface area contributed by atoms with Crippen molar-refractivity contribution in [3.05, 3.63) is 35.4 Å². The highest BCUT2D eigenvalue weighted by atomic mass is 15.3. The van der Waals surface area contributed by atoms with E-state index < -0.39 is 0 Å². The Morgan fingerprint density at radius 3 is 3.06 bits per heavy atom. The van der Waals surface area contributed by atoms with Gasteiger partial charge in [-0.05, 0) is 31.9 Å². The second-order valence-corrected chi connectivity index (χ2v) is 5.56. The minimum atomic E-state index is 0.841. The van der Waals surface area contributed by atoms with Crippen molar-refractivity contribution in [2.24, 2.45) is 0 Å². The summed E-state index contributed by atoms with van der Waals surface area (Å²) < 4.78 is 0. The first-order valence-corrected chi connectivity index (χ1v) is 6.83. The van der Waals surface area contributed by atoms with Crippen molar-refractivity contribution >= 4 is 0 Å². The molecule has 2 aliphatic heterocycles. The van der Waals surface area contributed by atoms with Crippen LogP contribution in [0.25, 0.3) is 0 Å². The fraction of sp³-hybridized carbons (Fsp3) is 0.600. The van der Waals surface area contributed by atoms with Crippen LogP contribution in [0.5, 0.6) is 0 Å². The molecule has 92 valence electrons. The van der Waals surface area contributed by atoms with Crippen LogP contribution in [0.3, 0.4) is 0 Å². The van der Waals surface area contributed by atoms with E-state index >= 15 is 0 Å². The van der Waals surface area contributed by atoms with Crippen LogP contribution in [0.1, 0.15) is 24.0 Å². The Balaban J connectivity index is 1.62. The first-order chi connectivity index (χ1) is 8.31. The van der Waals surface area contributed by atoms with Gasteiger partial charge in [-0.3, -0.25) is 9.80 Å². The number of hydrogen-bond donors (Lipinski definition) is 0. The van der Waals surface area contributed by atoms with E-state index in [9.17, 15) is 0 Å². The molecule has 0 amide bonds. The summed E-state index contributed by atoms with van der Waals surface area (Å²) in [5, 5.41) is 0. The molecule has 0 N–H and O–H groups in total. The SMILES string of the molecule is Cc1cccc(CN2CCN3CCCC3C2)c1. The summed E-state index contributed by atoms with van der Waals surface area (Å²) in [5.74, 6) is 0. The molecule has 2 nitrogen and oxygen atoms in total. The third kappa shape index (κ3) is 2.53. The highest BCUT2D eigenvalue weighted by Gasteiger charge is 2.30. The lowest BCUT2D eigenvalue weighted by Crippen LogP contribution is -2.49. The zero-order valence-corrected chi connectivity index (χ0v) is 10.7. The molecule has 2 aliphatic rings. The second kappa shape index (κ2) is 4.79. The van der Waals surface area contributed by atoms with E-state index in [1.165, 1.54) is 50.1 Å². The minimum absolute atomic E-state index is 0.841. The number of piperazine rings is 1. The summed E-state index contributed by atoms with van der Waals surface area (Å²) >= 11 is 0. The van der Waals surface area contributed by atoms with Gasteiger partial charge in [-0.2, -0.15) is 0 Å². The highest BCUT2D eigenvalue weighted by molar-refractivity contribution is 5.22. The Morgan fingerprint density at radius 1 is 1.24 bits per heavy atom. The third-order valence-corrected chi connectivity index (χ3v) is 4.16. The zero-order valence-electron chi connectivity index (χ0n) is 10.7. The summed E-state index contributed by atoms with van der Waals surface area (Å²) in [6, 6.07) is 9.78. The molecule has 1 unspecified atom stereocenters. The second-order valence-electron chi connectivity index (χ2n) is 5.56. The average molecular weight is 230 g/mol. The van der Waals surface area contributed by atoms with Crippen molar-refractivity contribution in [3.8, 4) is 0 Å². The highest BCUT2D eigenvalue weighted by Crippen LogP contribution is 2.22. The molecule has 0 radical (unpaired) electrons. The third-order valence-electron chi connectivity index (χ3n) is 4.16. The number of nitrogens with zero attached hydrogens (tertiary/aromatic N) is 2. The molecule has 17 heavy (non-hydrogen) atoms. The van der Waals surface area contributed by atoms with E-state index in [1.807, 2.05) is 0 Å². The van der Waals surface area contributed by atoms with Gasteiger partial charge in [0, 0.05) is 32.2 Å². The van der Waals surface area contributed by atoms with Gasteiger partial charge >= 0.3 is 0 Å². The molecule has 0 bridgehead atoms. The Kier molecular flexibility index (Phi) is 3.17. The maximum Gasteiger partial charge on any atom is 0.0235 e. The van der Waals surface area contributed by atoms with E-state index in [2.05, 4.69) is 41.0 Å². The van der Waals surface area contributed by atoms with Gasteiger partial charge in [0.15, 0.2) is 0 Å². The lowest BCUT2D eigenvalue weighted by molar-refractivity contribution is 0.0994. The van der Waals surface area contributed by atoms with Gasteiger partial charge in [0.25, 0.3) is 0 Å². The molecule has 1 aromatic rings. The summed E-state index contributed by atoms with van der Waals surface area (Å²) in [4.78, 5) is 5.30. The van der Waals surface area contributed by atoms with Gasteiger partial charge in [0.05, 0.1) is 0 Å². The Morgan fingerprint density at radius 2 is 2.18 bits per heavy atom. The van der Waals surface area contributed by atoms with Crippen LogP contribution in [0.4, 0.5) is 0 Å². The van der Waals surface area contributed by atoms with Crippen LogP contribution >= 0.6 is 0 Å². The van der Waals surface area contributed by atoms with E-state index in [0.29, 0.717) is 0 Å². The van der Waals surface area contributed by atoms with Gasteiger partial charge in [0.2, 0.25) is 0 Å². The average Bonchev–Trinajstić information content (AvgIpc) is 2.76. The normalized spacial score (nSPS) is 26.1. The predicted molar refractivity (Wildman–Crippen MR) is 71.1 cm³/mol. The number of aryl methyl sites for hydroxylation is 1. The monoisotopic (exact) mass is 230 g/mol. The minimum Gasteiger partial charge on any atom is -0.298 e. The number of rotatable bonds is 2. The summed E-state index contributed by atoms with van der Waals surface area (Å²) in [7, 11) is 0. The molecule has 2 heterocycles. The fourth-order valence-electron chi connectivity index (χ4n) is 3.27. The van der Waals surface area contributed by atoms with Gasteiger partial charge in [0.1, 0.15) is 0 Å². The van der Waals surface area contributed by atoms with Crippen molar-refractivity contribution in [1.82, 2.24) is 9.80 Å². The molecule has 0 spiro atoms. The number of hydrogen-bond acceptors (Lipinski definition) is 2. The van der Waals surface area contributed by atoms with Gasteiger partial charge < -0.3 is 0 Å². The first-order valence-electron chi connectivity index (χ1n) is 6.83. The first kappa shape index (κ1) is 11.2. The van der Waals surface area contributed by atoms with E-state index in [-0.39, 0.29) is 0 Å². The lowest BCUT2D eigenvalue weighted by Gasteiger charge is -2.37. The van der Waals surface area contributed by atoms with Crippen LogP contribution in [-0.2, 0) is 6.54 Å². The van der Waals surface area contributed by atoms with Crippen LogP contribution in [-0.4, -0.2) is 42.0 Å². The maximum atomic E-state index is 2.67. The van der Waals surface area contributed by atoms with Crippen LogP contribution < -0.4 is 0 Å². The molecular formula is C15H22N2. The fourth-order valence-corrected chi connectivity index (χ4v) is 3.27. The molecule has 0 aromatic heterocycles. The van der Waals surface area contributed by atoms with E-state index in [1.54, 1.807) is 0 Å². The van der Waals surface area contributed by atoms with E-state index in [4.69, 9.17) is 0 Å². The molecule has 1 aromatic carbocycles. The molecule has 2 heteroatoms. The van der Waals surface area contributed by atoms with Gasteiger partial charge in [-0.15, -0.1) is 0 Å². The van der Waals surface area contributed by atoms with Gasteiger partial charge in [-0.1, -0.05) is 29.8 Å². The Labute approximate surface area is 104 Å². The van der Waals surface area contributed by atoms with Crippen LogP contribution in [0, 0.1) is 6.92 Å². The Bertz CT molecular complexity index is 388.